The van der Waals surface area contributed by atoms with Crippen LogP contribution in [-0.4, -0.2) is 13.0 Å². The molecular weight excluding hydrogens is 413 g/mol. The van der Waals surface area contributed by atoms with Crippen LogP contribution in [0.3, 0.4) is 0 Å². The van der Waals surface area contributed by atoms with Crippen LogP contribution in [0.5, 0.6) is 0 Å². The van der Waals surface area contributed by atoms with Crippen LogP contribution < -0.4 is 10.6 Å². The largest absolute Gasteiger partial charge is 0.416 e. The van der Waals surface area contributed by atoms with E-state index in [4.69, 9.17) is 0 Å². The summed E-state index contributed by atoms with van der Waals surface area (Å²) in [5.74, 6) is -0.150. The zero-order valence-corrected chi connectivity index (χ0v) is 18.1. The number of halogens is 3. The molecule has 3 aromatic rings. The number of aryl methyl sites for hydroxylation is 2. The van der Waals surface area contributed by atoms with E-state index < -0.39 is 17.8 Å². The Hall–Kier alpha value is -3.12. The van der Waals surface area contributed by atoms with Crippen molar-refractivity contribution >= 4 is 5.91 Å². The summed E-state index contributed by atoms with van der Waals surface area (Å²) in [6.45, 7) is 2.00. The van der Waals surface area contributed by atoms with Crippen LogP contribution in [-0.2, 0) is 17.4 Å². The first-order valence-electron chi connectivity index (χ1n) is 10.5. The summed E-state index contributed by atoms with van der Waals surface area (Å²) in [5, 5.41) is 6.20. The normalized spacial score (nSPS) is 13.4. The molecule has 32 heavy (non-hydrogen) atoms. The highest BCUT2D eigenvalue weighted by Gasteiger charge is 2.30. The van der Waals surface area contributed by atoms with Gasteiger partial charge in [0.1, 0.15) is 6.04 Å². The Labute approximate surface area is 186 Å². The summed E-state index contributed by atoms with van der Waals surface area (Å²) < 4.78 is 38.6. The first-order chi connectivity index (χ1) is 15.3. The standard InChI is InChI=1S/C26H27F3N2O/c1-18-7-6-10-21(17-18)23(16-13-19-11-14-22(15-12-19)26(27,28)29)31-24(25(32)30-2)20-8-4-3-5-9-20/h3-12,14-15,17,23-24,31H,13,16H2,1-2H3,(H,30,32)/t23-,24?/m1/s1. The molecule has 0 fully saturated rings. The van der Waals surface area contributed by atoms with Gasteiger partial charge in [-0.25, -0.2) is 0 Å². The lowest BCUT2D eigenvalue weighted by Crippen LogP contribution is -2.38. The van der Waals surface area contributed by atoms with Crippen LogP contribution >= 0.6 is 0 Å². The molecule has 2 atom stereocenters. The van der Waals surface area contributed by atoms with Crippen LogP contribution in [0.1, 0.15) is 46.3 Å². The van der Waals surface area contributed by atoms with E-state index in [0.29, 0.717) is 12.8 Å². The molecule has 0 saturated heterocycles. The Bertz CT molecular complexity index is 1020. The minimum Gasteiger partial charge on any atom is -0.358 e. The van der Waals surface area contributed by atoms with Crippen molar-refractivity contribution in [2.24, 2.45) is 0 Å². The molecule has 0 bridgehead atoms. The van der Waals surface area contributed by atoms with E-state index in [2.05, 4.69) is 16.7 Å². The molecule has 2 N–H and O–H groups in total. The molecule has 0 aliphatic carbocycles. The fourth-order valence-corrected chi connectivity index (χ4v) is 3.72. The fraction of sp³-hybridized carbons (Fsp3) is 0.269. The summed E-state index contributed by atoms with van der Waals surface area (Å²) >= 11 is 0. The number of hydrogen-bond acceptors (Lipinski definition) is 2. The van der Waals surface area contributed by atoms with Crippen LogP contribution in [0.15, 0.2) is 78.9 Å². The van der Waals surface area contributed by atoms with Crippen molar-refractivity contribution in [3.63, 3.8) is 0 Å². The van der Waals surface area contributed by atoms with Crippen molar-refractivity contribution in [2.45, 2.75) is 38.0 Å². The zero-order valence-electron chi connectivity index (χ0n) is 18.1. The molecule has 0 spiro atoms. The number of likely N-dealkylation sites (N-methyl/N-ethyl adjacent to an activating group) is 1. The molecule has 0 radical (unpaired) electrons. The van der Waals surface area contributed by atoms with Gasteiger partial charge in [0.05, 0.1) is 5.56 Å². The van der Waals surface area contributed by atoms with E-state index in [9.17, 15) is 18.0 Å². The first-order valence-corrected chi connectivity index (χ1v) is 10.5. The molecule has 3 nitrogen and oxygen atoms in total. The van der Waals surface area contributed by atoms with Gasteiger partial charge in [0.25, 0.3) is 0 Å². The third-order valence-electron chi connectivity index (χ3n) is 5.46. The van der Waals surface area contributed by atoms with Crippen LogP contribution in [0, 0.1) is 6.92 Å². The number of rotatable bonds is 8. The third-order valence-corrected chi connectivity index (χ3v) is 5.46. The van der Waals surface area contributed by atoms with Crippen molar-refractivity contribution in [2.75, 3.05) is 7.05 Å². The minimum absolute atomic E-state index is 0.150. The molecule has 0 saturated carbocycles. The van der Waals surface area contributed by atoms with Crippen molar-refractivity contribution in [3.8, 4) is 0 Å². The molecule has 0 aliphatic heterocycles. The molecule has 0 aromatic heterocycles. The number of hydrogen-bond donors (Lipinski definition) is 2. The monoisotopic (exact) mass is 440 g/mol. The summed E-state index contributed by atoms with van der Waals surface area (Å²) in [5.41, 5.74) is 3.13. The maximum atomic E-state index is 12.9. The lowest BCUT2D eigenvalue weighted by Gasteiger charge is -2.26. The molecule has 0 heterocycles. The maximum absolute atomic E-state index is 12.9. The zero-order chi connectivity index (χ0) is 23.1. The molecule has 0 aliphatic rings. The maximum Gasteiger partial charge on any atom is 0.416 e. The summed E-state index contributed by atoms with van der Waals surface area (Å²) in [7, 11) is 1.60. The first kappa shape index (κ1) is 23.5. The average Bonchev–Trinajstić information content (AvgIpc) is 2.79. The van der Waals surface area contributed by atoms with Gasteiger partial charge in [0, 0.05) is 13.1 Å². The quantitative estimate of drug-likeness (QED) is 0.467. The van der Waals surface area contributed by atoms with E-state index >= 15 is 0 Å². The second kappa shape index (κ2) is 10.5. The lowest BCUT2D eigenvalue weighted by molar-refractivity contribution is -0.137. The van der Waals surface area contributed by atoms with E-state index in [1.54, 1.807) is 7.05 Å². The van der Waals surface area contributed by atoms with Gasteiger partial charge in [0.2, 0.25) is 5.91 Å². The van der Waals surface area contributed by atoms with E-state index in [0.717, 1.165) is 34.4 Å². The van der Waals surface area contributed by atoms with Gasteiger partial charge < -0.3 is 5.32 Å². The Kier molecular flexibility index (Phi) is 7.70. The van der Waals surface area contributed by atoms with E-state index in [-0.39, 0.29) is 11.9 Å². The van der Waals surface area contributed by atoms with Gasteiger partial charge in [-0.2, -0.15) is 13.2 Å². The van der Waals surface area contributed by atoms with Crippen LogP contribution in [0.4, 0.5) is 13.2 Å². The minimum atomic E-state index is -4.35. The molecule has 6 heteroatoms. The molecular formula is C26H27F3N2O. The van der Waals surface area contributed by atoms with Crippen molar-refractivity contribution in [3.05, 3.63) is 107 Å². The molecule has 1 unspecified atom stereocenters. The van der Waals surface area contributed by atoms with E-state index in [1.165, 1.54) is 12.1 Å². The smallest absolute Gasteiger partial charge is 0.358 e. The Morgan fingerprint density at radius 2 is 1.56 bits per heavy atom. The van der Waals surface area contributed by atoms with Gasteiger partial charge >= 0.3 is 6.18 Å². The van der Waals surface area contributed by atoms with Crippen LogP contribution in [0.25, 0.3) is 0 Å². The van der Waals surface area contributed by atoms with Gasteiger partial charge in [-0.1, -0.05) is 72.3 Å². The Balaban J connectivity index is 1.84. The highest BCUT2D eigenvalue weighted by molar-refractivity contribution is 5.83. The van der Waals surface area contributed by atoms with Crippen molar-refractivity contribution < 1.29 is 18.0 Å². The van der Waals surface area contributed by atoms with Gasteiger partial charge in [-0.15, -0.1) is 0 Å². The Morgan fingerprint density at radius 3 is 2.16 bits per heavy atom. The number of benzene rings is 3. The van der Waals surface area contributed by atoms with Gasteiger partial charge in [-0.3, -0.25) is 10.1 Å². The van der Waals surface area contributed by atoms with Crippen molar-refractivity contribution in [1.82, 2.24) is 10.6 Å². The SMILES string of the molecule is CNC(=O)C(N[C@H](CCc1ccc(C(F)(F)F)cc1)c1cccc(C)c1)c1ccccc1. The predicted molar refractivity (Wildman–Crippen MR) is 120 cm³/mol. The number of amides is 1. The number of carbonyl (C=O) groups excluding carboxylic acids is 1. The molecule has 3 aromatic carbocycles. The summed E-state index contributed by atoms with van der Waals surface area (Å²) in [6, 6.07) is 22.0. The molecule has 3 rings (SSSR count). The fourth-order valence-electron chi connectivity index (χ4n) is 3.72. The number of nitrogens with one attached hydrogen (secondary N) is 2. The highest BCUT2D eigenvalue weighted by atomic mass is 19.4. The second-order valence-corrected chi connectivity index (χ2v) is 7.82. The second-order valence-electron chi connectivity index (χ2n) is 7.82. The molecule has 168 valence electrons. The summed E-state index contributed by atoms with van der Waals surface area (Å²) in [6.07, 6.45) is -3.16. The lowest BCUT2D eigenvalue weighted by atomic mass is 9.95. The third kappa shape index (κ3) is 6.20. The van der Waals surface area contributed by atoms with E-state index in [1.807, 2.05) is 55.5 Å². The predicted octanol–water partition coefficient (Wildman–Crippen LogP) is 5.76. The molecule has 1 amide bonds. The average molecular weight is 441 g/mol. The van der Waals surface area contributed by atoms with Gasteiger partial charge in [0.15, 0.2) is 0 Å². The summed E-state index contributed by atoms with van der Waals surface area (Å²) in [4.78, 5) is 12.7. The van der Waals surface area contributed by atoms with Crippen molar-refractivity contribution in [1.29, 1.82) is 0 Å². The number of alkyl halides is 3. The highest BCUT2D eigenvalue weighted by Crippen LogP contribution is 2.30. The van der Waals surface area contributed by atoms with Gasteiger partial charge in [-0.05, 0) is 48.6 Å². The number of carbonyl (C=O) groups is 1. The Morgan fingerprint density at radius 1 is 0.906 bits per heavy atom. The van der Waals surface area contributed by atoms with Crippen LogP contribution in [0.2, 0.25) is 0 Å². The topological polar surface area (TPSA) is 41.1 Å².